The molecule has 2 aromatic heterocycles. The lowest BCUT2D eigenvalue weighted by molar-refractivity contribution is 1.21. The molecule has 2 heterocycles. The molecule has 68 valence electrons. The number of rotatable bonds is 1. The molecule has 13 heavy (non-hydrogen) atoms. The highest BCUT2D eigenvalue weighted by atomic mass is 32.1. The largest absolute Gasteiger partial charge is 0.239 e. The van der Waals surface area contributed by atoms with Crippen molar-refractivity contribution in [2.75, 3.05) is 0 Å². The van der Waals surface area contributed by atoms with Gasteiger partial charge in [0.1, 0.15) is 0 Å². The summed E-state index contributed by atoms with van der Waals surface area (Å²) in [7, 11) is 0. The van der Waals surface area contributed by atoms with Gasteiger partial charge in [0.25, 0.3) is 0 Å². The fraction of sp³-hybridized carbons (Fsp3) is 0.333. The van der Waals surface area contributed by atoms with Gasteiger partial charge in [-0.05, 0) is 20.8 Å². The maximum atomic E-state index is 4.46. The minimum atomic E-state index is 1.04. The van der Waals surface area contributed by atoms with Gasteiger partial charge in [-0.25, -0.2) is 9.97 Å². The van der Waals surface area contributed by atoms with E-state index in [4.69, 9.17) is 0 Å². The van der Waals surface area contributed by atoms with E-state index in [2.05, 4.69) is 22.3 Å². The SMILES string of the molecule is Cc1csc(-c2nc(C)c(C)s2)n1. The standard InChI is InChI=1S/C9H10N2S2/c1-5-4-12-8(10-5)9-11-6(2)7(3)13-9/h4H,1-3H3. The van der Waals surface area contributed by atoms with Crippen LogP contribution in [0.2, 0.25) is 0 Å². The first-order valence-corrected chi connectivity index (χ1v) is 5.73. The molecule has 0 fully saturated rings. The van der Waals surface area contributed by atoms with Crippen LogP contribution in [0.5, 0.6) is 0 Å². The van der Waals surface area contributed by atoms with E-state index in [-0.39, 0.29) is 0 Å². The van der Waals surface area contributed by atoms with Crippen molar-refractivity contribution in [1.82, 2.24) is 9.97 Å². The molecule has 0 amide bonds. The summed E-state index contributed by atoms with van der Waals surface area (Å²) in [4.78, 5) is 10.1. The van der Waals surface area contributed by atoms with E-state index >= 15 is 0 Å². The van der Waals surface area contributed by atoms with E-state index < -0.39 is 0 Å². The van der Waals surface area contributed by atoms with Crippen molar-refractivity contribution in [1.29, 1.82) is 0 Å². The minimum absolute atomic E-state index is 1.04. The van der Waals surface area contributed by atoms with Crippen LogP contribution in [-0.2, 0) is 0 Å². The number of aryl methyl sites for hydroxylation is 3. The van der Waals surface area contributed by atoms with Crippen LogP contribution >= 0.6 is 22.7 Å². The van der Waals surface area contributed by atoms with E-state index in [1.54, 1.807) is 22.7 Å². The number of hydrogen-bond donors (Lipinski definition) is 0. The zero-order valence-electron chi connectivity index (χ0n) is 7.79. The van der Waals surface area contributed by atoms with Crippen molar-refractivity contribution in [3.8, 4) is 10.0 Å². The van der Waals surface area contributed by atoms with Gasteiger partial charge < -0.3 is 0 Å². The fourth-order valence-electron chi connectivity index (χ4n) is 1.02. The van der Waals surface area contributed by atoms with E-state index in [0.29, 0.717) is 0 Å². The van der Waals surface area contributed by atoms with Crippen LogP contribution in [0.3, 0.4) is 0 Å². The van der Waals surface area contributed by atoms with Crippen LogP contribution in [0.25, 0.3) is 10.0 Å². The second kappa shape index (κ2) is 3.20. The zero-order valence-corrected chi connectivity index (χ0v) is 9.42. The van der Waals surface area contributed by atoms with E-state index in [9.17, 15) is 0 Å². The van der Waals surface area contributed by atoms with Gasteiger partial charge in [0.2, 0.25) is 0 Å². The molecule has 0 aromatic carbocycles. The predicted molar refractivity (Wildman–Crippen MR) is 57.4 cm³/mol. The second-order valence-electron chi connectivity index (χ2n) is 2.95. The molecule has 0 N–H and O–H groups in total. The highest BCUT2D eigenvalue weighted by Gasteiger charge is 2.08. The normalized spacial score (nSPS) is 10.7. The first-order valence-electron chi connectivity index (χ1n) is 4.03. The van der Waals surface area contributed by atoms with Gasteiger partial charge in [-0.1, -0.05) is 0 Å². The summed E-state index contributed by atoms with van der Waals surface area (Å²) in [6.07, 6.45) is 0. The summed E-state index contributed by atoms with van der Waals surface area (Å²) in [5, 5.41) is 4.15. The molecule has 0 bridgehead atoms. The minimum Gasteiger partial charge on any atom is -0.239 e. The summed E-state index contributed by atoms with van der Waals surface area (Å²) in [6.45, 7) is 6.14. The van der Waals surface area contributed by atoms with Crippen molar-refractivity contribution in [3.05, 3.63) is 21.6 Å². The lowest BCUT2D eigenvalue weighted by Crippen LogP contribution is -1.76. The number of nitrogens with zero attached hydrogens (tertiary/aromatic N) is 2. The van der Waals surface area contributed by atoms with Crippen LogP contribution in [0.1, 0.15) is 16.3 Å². The molecular weight excluding hydrogens is 200 g/mol. The summed E-state index contributed by atoms with van der Waals surface area (Å²) in [5.41, 5.74) is 2.19. The molecular formula is C9H10N2S2. The van der Waals surface area contributed by atoms with Gasteiger partial charge in [0, 0.05) is 16.0 Å². The summed E-state index contributed by atoms with van der Waals surface area (Å²) in [5.74, 6) is 0. The number of thiazole rings is 2. The Balaban J connectivity index is 2.46. The quantitative estimate of drug-likeness (QED) is 0.722. The van der Waals surface area contributed by atoms with E-state index in [1.807, 2.05) is 13.8 Å². The molecule has 0 aliphatic rings. The van der Waals surface area contributed by atoms with Gasteiger partial charge in [-0.15, -0.1) is 22.7 Å². The lowest BCUT2D eigenvalue weighted by Gasteiger charge is -1.84. The molecule has 0 unspecified atom stereocenters. The zero-order chi connectivity index (χ0) is 9.42. The fourth-order valence-corrected chi connectivity index (χ4v) is 2.76. The van der Waals surface area contributed by atoms with Crippen LogP contribution in [0.15, 0.2) is 5.38 Å². The Morgan fingerprint density at radius 3 is 2.31 bits per heavy atom. The van der Waals surface area contributed by atoms with Gasteiger partial charge in [0.15, 0.2) is 10.0 Å². The van der Waals surface area contributed by atoms with Crippen molar-refractivity contribution in [2.24, 2.45) is 0 Å². The van der Waals surface area contributed by atoms with Crippen LogP contribution in [0, 0.1) is 20.8 Å². The third kappa shape index (κ3) is 1.64. The Bertz CT molecular complexity index is 409. The van der Waals surface area contributed by atoms with Gasteiger partial charge in [-0.3, -0.25) is 0 Å². The average Bonchev–Trinajstić information content (AvgIpc) is 2.61. The van der Waals surface area contributed by atoms with Crippen LogP contribution in [0.4, 0.5) is 0 Å². The topological polar surface area (TPSA) is 25.8 Å². The molecule has 0 aliphatic carbocycles. The highest BCUT2D eigenvalue weighted by Crippen LogP contribution is 2.29. The second-order valence-corrected chi connectivity index (χ2v) is 5.02. The lowest BCUT2D eigenvalue weighted by atomic mass is 10.4. The molecule has 2 nitrogen and oxygen atoms in total. The molecule has 0 atom stereocenters. The summed E-state index contributed by atoms with van der Waals surface area (Å²) in [6, 6.07) is 0. The molecule has 0 radical (unpaired) electrons. The van der Waals surface area contributed by atoms with Gasteiger partial charge >= 0.3 is 0 Å². The van der Waals surface area contributed by atoms with Crippen molar-refractivity contribution >= 4 is 22.7 Å². The molecule has 0 saturated carbocycles. The summed E-state index contributed by atoms with van der Waals surface area (Å²) < 4.78 is 0. The van der Waals surface area contributed by atoms with E-state index in [1.165, 1.54) is 4.88 Å². The molecule has 4 heteroatoms. The maximum Gasteiger partial charge on any atom is 0.152 e. The number of aromatic nitrogens is 2. The van der Waals surface area contributed by atoms with Crippen LogP contribution in [-0.4, -0.2) is 9.97 Å². The maximum absolute atomic E-state index is 4.46. The molecule has 0 spiro atoms. The Kier molecular flexibility index (Phi) is 2.17. The Labute approximate surface area is 85.3 Å². The monoisotopic (exact) mass is 210 g/mol. The van der Waals surface area contributed by atoms with E-state index in [0.717, 1.165) is 21.4 Å². The van der Waals surface area contributed by atoms with Crippen molar-refractivity contribution < 1.29 is 0 Å². The highest BCUT2D eigenvalue weighted by molar-refractivity contribution is 7.20. The van der Waals surface area contributed by atoms with Gasteiger partial charge in [-0.2, -0.15) is 0 Å². The molecule has 2 aromatic rings. The third-order valence-electron chi connectivity index (χ3n) is 1.83. The predicted octanol–water partition coefficient (Wildman–Crippen LogP) is 3.19. The van der Waals surface area contributed by atoms with Crippen molar-refractivity contribution in [3.63, 3.8) is 0 Å². The Hall–Kier alpha value is -0.740. The number of hydrogen-bond acceptors (Lipinski definition) is 4. The Morgan fingerprint density at radius 2 is 1.85 bits per heavy atom. The first kappa shape index (κ1) is 8.84. The molecule has 0 aliphatic heterocycles. The summed E-state index contributed by atoms with van der Waals surface area (Å²) >= 11 is 3.38. The average molecular weight is 210 g/mol. The smallest absolute Gasteiger partial charge is 0.152 e. The third-order valence-corrected chi connectivity index (χ3v) is 4.01. The first-order chi connectivity index (χ1) is 6.16. The Morgan fingerprint density at radius 1 is 1.08 bits per heavy atom. The van der Waals surface area contributed by atoms with Gasteiger partial charge in [0.05, 0.1) is 5.69 Å². The van der Waals surface area contributed by atoms with Crippen molar-refractivity contribution in [2.45, 2.75) is 20.8 Å². The molecule has 2 rings (SSSR count). The molecule has 0 saturated heterocycles. The van der Waals surface area contributed by atoms with Crippen LogP contribution < -0.4 is 0 Å².